The molecule has 0 saturated heterocycles. The third-order valence-corrected chi connectivity index (χ3v) is 4.97. The molecule has 3 rings (SSSR count). The molecular formula is C14H11O2S+. The lowest BCUT2D eigenvalue weighted by Gasteiger charge is -2.15. The van der Waals surface area contributed by atoms with E-state index < -0.39 is 16.2 Å². The molecule has 0 spiro atoms. The van der Waals surface area contributed by atoms with Crippen LogP contribution in [0.15, 0.2) is 58.3 Å². The van der Waals surface area contributed by atoms with Crippen molar-refractivity contribution < 1.29 is 9.90 Å². The molecule has 1 heterocycles. The van der Waals surface area contributed by atoms with Crippen molar-refractivity contribution in [2.75, 3.05) is 0 Å². The number of carboxylic acid groups (broad SMARTS) is 1. The van der Waals surface area contributed by atoms with E-state index >= 15 is 0 Å². The van der Waals surface area contributed by atoms with Gasteiger partial charge in [0.2, 0.25) is 0 Å². The van der Waals surface area contributed by atoms with Crippen LogP contribution in [0.2, 0.25) is 0 Å². The van der Waals surface area contributed by atoms with E-state index in [1.807, 2.05) is 48.5 Å². The van der Waals surface area contributed by atoms with E-state index in [4.69, 9.17) is 0 Å². The van der Waals surface area contributed by atoms with Gasteiger partial charge in [-0.25, -0.2) is 0 Å². The van der Waals surface area contributed by atoms with Gasteiger partial charge < -0.3 is 5.11 Å². The molecule has 0 atom stereocenters. The van der Waals surface area contributed by atoms with Crippen LogP contribution >= 0.6 is 0 Å². The molecule has 17 heavy (non-hydrogen) atoms. The average Bonchev–Trinajstić information content (AvgIpc) is 2.35. The van der Waals surface area contributed by atoms with Gasteiger partial charge in [-0.3, -0.25) is 0 Å². The molecular weight excluding hydrogens is 232 g/mol. The van der Waals surface area contributed by atoms with E-state index in [-0.39, 0.29) is 0 Å². The fourth-order valence-corrected chi connectivity index (χ4v) is 4.06. The number of carbonyl (C=O) groups is 1. The SMILES string of the molecule is O=C(O)[S+]1c2ccccc2Cc2ccccc21. The van der Waals surface area contributed by atoms with Crippen molar-refractivity contribution in [3.05, 3.63) is 59.7 Å². The molecule has 0 unspecified atom stereocenters. The van der Waals surface area contributed by atoms with Crippen LogP contribution in [0, 0.1) is 0 Å². The van der Waals surface area contributed by atoms with Crippen LogP contribution in [0.5, 0.6) is 0 Å². The highest BCUT2D eigenvalue weighted by molar-refractivity contribution is 8.10. The fraction of sp³-hybridized carbons (Fsp3) is 0.0714. The maximum Gasteiger partial charge on any atom is 0.534 e. The lowest BCUT2D eigenvalue weighted by atomic mass is 10.0. The van der Waals surface area contributed by atoms with E-state index in [0.29, 0.717) is 0 Å². The Kier molecular flexibility index (Phi) is 2.41. The summed E-state index contributed by atoms with van der Waals surface area (Å²) < 4.78 is 0. The molecule has 0 fully saturated rings. The highest BCUT2D eigenvalue weighted by Crippen LogP contribution is 2.35. The zero-order valence-electron chi connectivity index (χ0n) is 9.09. The molecule has 3 heteroatoms. The highest BCUT2D eigenvalue weighted by atomic mass is 32.2. The second-order valence-electron chi connectivity index (χ2n) is 3.96. The average molecular weight is 243 g/mol. The Morgan fingerprint density at radius 3 is 1.88 bits per heavy atom. The monoisotopic (exact) mass is 243 g/mol. The van der Waals surface area contributed by atoms with Gasteiger partial charge in [0.05, 0.1) is 0 Å². The lowest BCUT2D eigenvalue weighted by molar-refractivity contribution is 0.221. The zero-order chi connectivity index (χ0) is 11.8. The molecule has 2 aromatic rings. The summed E-state index contributed by atoms with van der Waals surface area (Å²) in [5, 5.41) is 8.70. The maximum atomic E-state index is 11.5. The molecule has 0 amide bonds. The molecule has 1 N–H and O–H groups in total. The predicted octanol–water partition coefficient (Wildman–Crippen LogP) is 3.31. The topological polar surface area (TPSA) is 37.3 Å². The van der Waals surface area contributed by atoms with Gasteiger partial charge in [-0.05, 0) is 12.1 Å². The molecule has 1 aliphatic heterocycles. The minimum Gasteiger partial charge on any atom is -0.440 e. The molecule has 0 radical (unpaired) electrons. The summed E-state index contributed by atoms with van der Waals surface area (Å²) in [4.78, 5) is 13.4. The number of fused-ring (bicyclic) bond motifs is 2. The first-order chi connectivity index (χ1) is 8.27. The van der Waals surface area contributed by atoms with Gasteiger partial charge in [-0.2, -0.15) is 4.79 Å². The van der Waals surface area contributed by atoms with Gasteiger partial charge >= 0.3 is 5.30 Å². The largest absolute Gasteiger partial charge is 0.534 e. The summed E-state index contributed by atoms with van der Waals surface area (Å²) in [7, 11) is -0.830. The summed E-state index contributed by atoms with van der Waals surface area (Å²) in [5.41, 5.74) is 2.27. The van der Waals surface area contributed by atoms with Crippen LogP contribution in [0.25, 0.3) is 0 Å². The van der Waals surface area contributed by atoms with Crippen molar-refractivity contribution in [2.45, 2.75) is 16.2 Å². The normalized spacial score (nSPS) is 13.9. The summed E-state index contributed by atoms with van der Waals surface area (Å²) in [6.07, 6.45) is 0.836. The molecule has 0 aliphatic carbocycles. The summed E-state index contributed by atoms with van der Waals surface area (Å²) in [5.74, 6) is 0. The second-order valence-corrected chi connectivity index (χ2v) is 5.81. The van der Waals surface area contributed by atoms with Crippen LogP contribution in [-0.4, -0.2) is 10.4 Å². The van der Waals surface area contributed by atoms with E-state index in [9.17, 15) is 9.90 Å². The van der Waals surface area contributed by atoms with Gasteiger partial charge in [-0.1, -0.05) is 36.4 Å². The number of hydrogen-bond acceptors (Lipinski definition) is 1. The standard InChI is InChI=1S/C14H10O2S/c15-14(16)17-12-7-3-1-5-10(12)9-11-6-2-4-8-13(11)17/h1-8H,9H2/p+1. The van der Waals surface area contributed by atoms with Crippen LogP contribution in [0.3, 0.4) is 0 Å². The van der Waals surface area contributed by atoms with E-state index in [1.54, 1.807) is 0 Å². The first kappa shape index (κ1) is 10.4. The molecule has 1 aliphatic rings. The lowest BCUT2D eigenvalue weighted by Crippen LogP contribution is -2.21. The third-order valence-electron chi connectivity index (χ3n) is 2.94. The third kappa shape index (κ3) is 1.63. The van der Waals surface area contributed by atoms with E-state index in [1.165, 1.54) is 0 Å². The fourth-order valence-electron chi connectivity index (χ4n) is 2.21. The van der Waals surface area contributed by atoms with Crippen molar-refractivity contribution in [3.63, 3.8) is 0 Å². The van der Waals surface area contributed by atoms with Crippen molar-refractivity contribution in [2.24, 2.45) is 0 Å². The Morgan fingerprint density at radius 1 is 0.941 bits per heavy atom. The van der Waals surface area contributed by atoms with Gasteiger partial charge in [0.15, 0.2) is 20.7 Å². The summed E-state index contributed by atoms with van der Waals surface area (Å²) in [6, 6.07) is 15.7. The Hall–Kier alpha value is -1.74. The van der Waals surface area contributed by atoms with Gasteiger partial charge in [0.1, 0.15) is 0 Å². The Balaban J connectivity index is 2.24. The van der Waals surface area contributed by atoms with Crippen molar-refractivity contribution >= 4 is 16.2 Å². The number of benzene rings is 2. The number of hydrogen-bond donors (Lipinski definition) is 1. The maximum absolute atomic E-state index is 11.5. The minimum atomic E-state index is -0.830. The summed E-state index contributed by atoms with van der Waals surface area (Å²) in [6.45, 7) is 0. The Morgan fingerprint density at radius 2 is 1.41 bits per heavy atom. The smallest absolute Gasteiger partial charge is 0.440 e. The molecule has 0 saturated carbocycles. The van der Waals surface area contributed by atoms with Gasteiger partial charge in [0.25, 0.3) is 0 Å². The van der Waals surface area contributed by atoms with Crippen LogP contribution in [0.4, 0.5) is 4.79 Å². The zero-order valence-corrected chi connectivity index (χ0v) is 9.91. The van der Waals surface area contributed by atoms with Crippen molar-refractivity contribution in [1.82, 2.24) is 0 Å². The number of rotatable bonds is 0. The van der Waals surface area contributed by atoms with E-state index in [2.05, 4.69) is 0 Å². The van der Waals surface area contributed by atoms with Crippen LogP contribution in [-0.2, 0) is 17.3 Å². The molecule has 0 aromatic heterocycles. The minimum absolute atomic E-state index is 0.746. The summed E-state index contributed by atoms with van der Waals surface area (Å²) >= 11 is 0. The van der Waals surface area contributed by atoms with Gasteiger partial charge in [0, 0.05) is 17.5 Å². The molecule has 2 nitrogen and oxygen atoms in total. The van der Waals surface area contributed by atoms with Crippen molar-refractivity contribution in [3.8, 4) is 0 Å². The van der Waals surface area contributed by atoms with Gasteiger partial charge in [-0.15, -0.1) is 0 Å². The molecule has 0 bridgehead atoms. The van der Waals surface area contributed by atoms with E-state index in [0.717, 1.165) is 27.3 Å². The first-order valence-electron chi connectivity index (χ1n) is 5.40. The second kappa shape index (κ2) is 3.93. The van der Waals surface area contributed by atoms with Crippen LogP contribution < -0.4 is 0 Å². The first-order valence-corrected chi connectivity index (χ1v) is 6.63. The Bertz CT molecular complexity index is 547. The quantitative estimate of drug-likeness (QED) is 0.721. The predicted molar refractivity (Wildman–Crippen MR) is 67.6 cm³/mol. The van der Waals surface area contributed by atoms with Crippen LogP contribution in [0.1, 0.15) is 11.1 Å². The Labute approximate surface area is 102 Å². The highest BCUT2D eigenvalue weighted by Gasteiger charge is 2.41. The molecule has 84 valence electrons. The van der Waals surface area contributed by atoms with Crippen molar-refractivity contribution in [1.29, 1.82) is 0 Å². The molecule has 2 aromatic carbocycles.